The molecule has 1 aromatic carbocycles. The van der Waals surface area contributed by atoms with Crippen molar-refractivity contribution in [3.8, 4) is 0 Å². The monoisotopic (exact) mass is 348 g/mol. The van der Waals surface area contributed by atoms with E-state index in [2.05, 4.69) is 20.9 Å². The molecule has 2 rings (SSSR count). The van der Waals surface area contributed by atoms with Crippen molar-refractivity contribution >= 4 is 49.0 Å². The molecule has 0 bridgehead atoms. The van der Waals surface area contributed by atoms with Gasteiger partial charge in [0.15, 0.2) is 4.77 Å². The predicted molar refractivity (Wildman–Crippen MR) is 79.2 cm³/mol. The number of halogens is 1. The number of rotatable bonds is 4. The Hall–Kier alpha value is -0.660. The van der Waals surface area contributed by atoms with E-state index in [0.29, 0.717) is 17.7 Å². The molecule has 0 amide bonds. The molecule has 0 saturated carbocycles. The molecule has 1 heterocycles. The van der Waals surface area contributed by atoms with Crippen LogP contribution < -0.4 is 0 Å². The Balaban J connectivity index is 2.28. The van der Waals surface area contributed by atoms with Gasteiger partial charge in [0.25, 0.3) is 0 Å². The standard InChI is InChI=1S/C11H13BrN2O2S2/c1-18(15,16)6-2-5-14-10-4-3-8(12)7-9(10)13-11(14)17/h3-4,7H,2,5-6H2,1H3,(H,13,17). The van der Waals surface area contributed by atoms with Gasteiger partial charge in [-0.2, -0.15) is 0 Å². The van der Waals surface area contributed by atoms with Gasteiger partial charge in [-0.1, -0.05) is 15.9 Å². The molecule has 2 aromatic rings. The third kappa shape index (κ3) is 3.21. The number of imidazole rings is 1. The first kappa shape index (κ1) is 13.8. The van der Waals surface area contributed by atoms with Crippen LogP contribution in [0, 0.1) is 4.77 Å². The minimum absolute atomic E-state index is 0.179. The quantitative estimate of drug-likeness (QED) is 0.864. The van der Waals surface area contributed by atoms with Gasteiger partial charge in [-0.15, -0.1) is 0 Å². The largest absolute Gasteiger partial charge is 0.331 e. The van der Waals surface area contributed by atoms with Crippen LogP contribution in [0.1, 0.15) is 6.42 Å². The van der Waals surface area contributed by atoms with Gasteiger partial charge < -0.3 is 9.55 Å². The van der Waals surface area contributed by atoms with Crippen molar-refractivity contribution in [2.24, 2.45) is 0 Å². The van der Waals surface area contributed by atoms with E-state index in [9.17, 15) is 8.42 Å². The van der Waals surface area contributed by atoms with Gasteiger partial charge in [0, 0.05) is 17.3 Å². The van der Waals surface area contributed by atoms with Crippen molar-refractivity contribution in [2.45, 2.75) is 13.0 Å². The highest BCUT2D eigenvalue weighted by molar-refractivity contribution is 9.10. The second kappa shape index (κ2) is 5.14. The number of aromatic amines is 1. The Morgan fingerprint density at radius 2 is 2.17 bits per heavy atom. The van der Waals surface area contributed by atoms with E-state index in [1.807, 2.05) is 22.8 Å². The smallest absolute Gasteiger partial charge is 0.178 e. The third-order valence-corrected chi connectivity index (χ3v) is 4.48. The summed E-state index contributed by atoms with van der Waals surface area (Å²) in [6, 6.07) is 5.86. The Morgan fingerprint density at radius 1 is 1.44 bits per heavy atom. The van der Waals surface area contributed by atoms with Crippen LogP contribution >= 0.6 is 28.1 Å². The number of aryl methyl sites for hydroxylation is 1. The number of aromatic nitrogens is 2. The highest BCUT2D eigenvalue weighted by Crippen LogP contribution is 2.19. The van der Waals surface area contributed by atoms with Gasteiger partial charge in [-0.05, 0) is 36.8 Å². The van der Waals surface area contributed by atoms with E-state index in [1.165, 1.54) is 6.26 Å². The Labute approximate surface area is 119 Å². The summed E-state index contributed by atoms with van der Waals surface area (Å²) < 4.78 is 25.7. The minimum Gasteiger partial charge on any atom is -0.331 e. The van der Waals surface area contributed by atoms with Crippen molar-refractivity contribution in [2.75, 3.05) is 12.0 Å². The van der Waals surface area contributed by atoms with E-state index < -0.39 is 9.84 Å². The summed E-state index contributed by atoms with van der Waals surface area (Å²) in [6.07, 6.45) is 1.81. The summed E-state index contributed by atoms with van der Waals surface area (Å²) in [5.41, 5.74) is 1.95. The maximum Gasteiger partial charge on any atom is 0.178 e. The fourth-order valence-corrected chi connectivity index (χ4v) is 3.16. The number of fused-ring (bicyclic) bond motifs is 1. The van der Waals surface area contributed by atoms with Gasteiger partial charge in [0.1, 0.15) is 9.84 Å². The number of benzene rings is 1. The highest BCUT2D eigenvalue weighted by atomic mass is 79.9. The topological polar surface area (TPSA) is 54.9 Å². The molecule has 0 aliphatic heterocycles. The molecule has 0 aliphatic carbocycles. The first-order valence-electron chi connectivity index (χ1n) is 5.42. The lowest BCUT2D eigenvalue weighted by atomic mass is 10.3. The van der Waals surface area contributed by atoms with Crippen molar-refractivity contribution in [3.05, 3.63) is 27.4 Å². The summed E-state index contributed by atoms with van der Waals surface area (Å²) in [5.74, 6) is 0.179. The van der Waals surface area contributed by atoms with Crippen LogP contribution in [-0.2, 0) is 16.4 Å². The molecule has 0 fully saturated rings. The zero-order chi connectivity index (χ0) is 13.3. The molecule has 18 heavy (non-hydrogen) atoms. The molecule has 7 heteroatoms. The second-order valence-corrected chi connectivity index (χ2v) is 7.79. The number of hydrogen-bond acceptors (Lipinski definition) is 3. The minimum atomic E-state index is -2.92. The molecule has 0 saturated heterocycles. The van der Waals surface area contributed by atoms with Crippen molar-refractivity contribution in [3.63, 3.8) is 0 Å². The predicted octanol–water partition coefficient (Wildman–Crippen LogP) is 2.90. The maximum atomic E-state index is 11.1. The zero-order valence-corrected chi connectivity index (χ0v) is 13.0. The van der Waals surface area contributed by atoms with Gasteiger partial charge in [0.2, 0.25) is 0 Å². The maximum absolute atomic E-state index is 11.1. The molecular weight excluding hydrogens is 336 g/mol. The molecule has 0 atom stereocenters. The zero-order valence-electron chi connectivity index (χ0n) is 9.81. The number of nitrogens with one attached hydrogen (secondary N) is 1. The first-order valence-corrected chi connectivity index (χ1v) is 8.69. The SMILES string of the molecule is CS(=O)(=O)CCCn1c(=S)[nH]c2cc(Br)ccc21. The van der Waals surface area contributed by atoms with Crippen LogP contribution in [0.4, 0.5) is 0 Å². The van der Waals surface area contributed by atoms with Gasteiger partial charge >= 0.3 is 0 Å². The van der Waals surface area contributed by atoms with Crippen molar-refractivity contribution in [1.82, 2.24) is 9.55 Å². The van der Waals surface area contributed by atoms with E-state index in [0.717, 1.165) is 15.5 Å². The summed E-state index contributed by atoms with van der Waals surface area (Å²) in [6.45, 7) is 0.605. The number of nitrogens with zero attached hydrogens (tertiary/aromatic N) is 1. The molecule has 1 aromatic heterocycles. The highest BCUT2D eigenvalue weighted by Gasteiger charge is 2.06. The average molecular weight is 349 g/mol. The van der Waals surface area contributed by atoms with Crippen molar-refractivity contribution < 1.29 is 8.42 Å². The Bertz CT molecular complexity index is 731. The lowest BCUT2D eigenvalue weighted by Crippen LogP contribution is -2.07. The van der Waals surface area contributed by atoms with Crippen LogP contribution in [0.3, 0.4) is 0 Å². The van der Waals surface area contributed by atoms with Crippen molar-refractivity contribution in [1.29, 1.82) is 0 Å². The fraction of sp³-hybridized carbons (Fsp3) is 0.364. The molecule has 0 aliphatic rings. The van der Waals surface area contributed by atoms with Gasteiger partial charge in [0.05, 0.1) is 16.8 Å². The molecule has 0 radical (unpaired) electrons. The van der Waals surface area contributed by atoms with E-state index in [4.69, 9.17) is 12.2 Å². The molecule has 0 spiro atoms. The average Bonchev–Trinajstić information content (AvgIpc) is 2.52. The second-order valence-electron chi connectivity index (χ2n) is 4.23. The fourth-order valence-electron chi connectivity index (χ4n) is 1.84. The van der Waals surface area contributed by atoms with E-state index in [1.54, 1.807) is 0 Å². The molecular formula is C11H13BrN2O2S2. The number of H-pyrrole nitrogens is 1. The third-order valence-electron chi connectivity index (χ3n) is 2.63. The Kier molecular flexibility index (Phi) is 3.93. The van der Waals surface area contributed by atoms with Gasteiger partial charge in [-0.3, -0.25) is 0 Å². The molecule has 0 unspecified atom stereocenters. The summed E-state index contributed by atoms with van der Waals surface area (Å²) in [5, 5.41) is 0. The van der Waals surface area contributed by atoms with E-state index >= 15 is 0 Å². The number of hydrogen-bond donors (Lipinski definition) is 1. The summed E-state index contributed by atoms with van der Waals surface area (Å²) in [7, 11) is -2.92. The lowest BCUT2D eigenvalue weighted by molar-refractivity contribution is 0.592. The molecule has 98 valence electrons. The molecule has 4 nitrogen and oxygen atoms in total. The van der Waals surface area contributed by atoms with Crippen LogP contribution in [0.5, 0.6) is 0 Å². The Morgan fingerprint density at radius 3 is 2.83 bits per heavy atom. The number of sulfone groups is 1. The first-order chi connectivity index (χ1) is 8.37. The lowest BCUT2D eigenvalue weighted by Gasteiger charge is -2.03. The summed E-state index contributed by atoms with van der Waals surface area (Å²) >= 11 is 8.65. The van der Waals surface area contributed by atoms with Crippen LogP contribution in [0.2, 0.25) is 0 Å². The van der Waals surface area contributed by atoms with Crippen LogP contribution in [-0.4, -0.2) is 30.0 Å². The van der Waals surface area contributed by atoms with Crippen LogP contribution in [0.25, 0.3) is 11.0 Å². The molecule has 1 N–H and O–H groups in total. The van der Waals surface area contributed by atoms with Gasteiger partial charge in [-0.25, -0.2) is 8.42 Å². The van der Waals surface area contributed by atoms with E-state index in [-0.39, 0.29) is 5.75 Å². The summed E-state index contributed by atoms with van der Waals surface area (Å²) in [4.78, 5) is 3.11. The normalized spacial score (nSPS) is 12.1. The van der Waals surface area contributed by atoms with Crippen LogP contribution in [0.15, 0.2) is 22.7 Å².